The van der Waals surface area contributed by atoms with E-state index in [2.05, 4.69) is 146 Å². The first-order valence-corrected chi connectivity index (χ1v) is 18.1. The summed E-state index contributed by atoms with van der Waals surface area (Å²) < 4.78 is 9.02. The van der Waals surface area contributed by atoms with E-state index in [1.165, 1.54) is 70.9 Å². The molecule has 0 aliphatic carbocycles. The van der Waals surface area contributed by atoms with Crippen molar-refractivity contribution in [3.05, 3.63) is 155 Å². The maximum absolute atomic E-state index is 6.51. The fourth-order valence-corrected chi connectivity index (χ4v) is 11.0. The van der Waals surface area contributed by atoms with Crippen LogP contribution >= 0.6 is 0 Å². The fraction of sp³-hybridized carbons (Fsp3) is 0.100. The zero-order valence-corrected chi connectivity index (χ0v) is 25.6. The minimum Gasteiger partial charge on any atom is -0.456 e. The minimum absolute atomic E-state index is 0.505. The third-order valence-corrected chi connectivity index (χ3v) is 14.3. The van der Waals surface area contributed by atoms with E-state index in [0.29, 0.717) is 0 Å². The van der Waals surface area contributed by atoms with Crippen LogP contribution in [0.5, 0.6) is 0 Å². The maximum atomic E-state index is 6.51. The molecule has 2 aliphatic heterocycles. The van der Waals surface area contributed by atoms with Crippen LogP contribution in [0.1, 0.15) is 23.6 Å². The molecule has 0 fully saturated rings. The Labute approximate surface area is 251 Å². The molecule has 0 N–H and O–H groups in total. The normalized spacial score (nSPS) is 18.8. The molecule has 2 aliphatic rings. The minimum atomic E-state index is -2.10. The first-order chi connectivity index (χ1) is 21.0. The molecular weight excluding hydrogens is 539 g/mol. The van der Waals surface area contributed by atoms with Crippen LogP contribution in [0, 0.1) is 0 Å². The second kappa shape index (κ2) is 8.37. The SMILES string of the molecule is C=C/C=C\C1=C(C)[Si](C)(C)c2cc3oc4ccccc4c3cc2C12c1ccccc1-n1c3ccccc3c3cccc2c31. The van der Waals surface area contributed by atoms with E-state index >= 15 is 0 Å². The molecule has 4 heterocycles. The Hall–Kier alpha value is -4.86. The van der Waals surface area contributed by atoms with E-state index in [4.69, 9.17) is 4.42 Å². The summed E-state index contributed by atoms with van der Waals surface area (Å²) in [5.41, 5.74) is 10.6. The van der Waals surface area contributed by atoms with Gasteiger partial charge in [-0.15, -0.1) is 0 Å². The van der Waals surface area contributed by atoms with E-state index in [0.717, 1.165) is 11.2 Å². The molecule has 206 valence electrons. The van der Waals surface area contributed by atoms with Gasteiger partial charge in [0.05, 0.1) is 22.1 Å². The highest BCUT2D eigenvalue weighted by Gasteiger charge is 2.53. The summed E-state index contributed by atoms with van der Waals surface area (Å²) in [5.74, 6) is 0. The zero-order valence-electron chi connectivity index (χ0n) is 24.6. The Kier molecular flexibility index (Phi) is 4.81. The first-order valence-electron chi connectivity index (χ1n) is 15.1. The number of hydrogen-bond donors (Lipinski definition) is 0. The fourth-order valence-electron chi connectivity index (χ4n) is 8.26. The van der Waals surface area contributed by atoms with Gasteiger partial charge >= 0.3 is 0 Å². The predicted octanol–water partition coefficient (Wildman–Crippen LogP) is 9.86. The first kappa shape index (κ1) is 24.7. The average molecular weight is 570 g/mol. The number of fused-ring (bicyclic) bond motifs is 12. The Morgan fingerprint density at radius 1 is 0.721 bits per heavy atom. The lowest BCUT2D eigenvalue weighted by atomic mass is 9.62. The van der Waals surface area contributed by atoms with Gasteiger partial charge in [0.25, 0.3) is 0 Å². The highest BCUT2D eigenvalue weighted by atomic mass is 28.3. The molecule has 0 amide bonds. The van der Waals surface area contributed by atoms with Gasteiger partial charge in [0.15, 0.2) is 0 Å². The molecule has 7 aromatic rings. The summed E-state index contributed by atoms with van der Waals surface area (Å²) >= 11 is 0. The number of furan rings is 1. The summed E-state index contributed by atoms with van der Waals surface area (Å²) in [6, 6.07) is 38.2. The Bertz CT molecular complexity index is 2410. The molecule has 2 nitrogen and oxygen atoms in total. The number of aromatic nitrogens is 1. The van der Waals surface area contributed by atoms with Crippen LogP contribution in [0.4, 0.5) is 0 Å². The third-order valence-electron chi connectivity index (χ3n) is 10.4. The number of benzene rings is 5. The van der Waals surface area contributed by atoms with Gasteiger partial charge in [-0.25, -0.2) is 0 Å². The lowest BCUT2D eigenvalue weighted by Crippen LogP contribution is -2.55. The van der Waals surface area contributed by atoms with Gasteiger partial charge in [0.1, 0.15) is 19.2 Å². The quantitative estimate of drug-likeness (QED) is 0.150. The highest BCUT2D eigenvalue weighted by molar-refractivity contribution is 6.96. The molecule has 2 aromatic heterocycles. The van der Waals surface area contributed by atoms with Crippen molar-refractivity contribution in [2.24, 2.45) is 0 Å². The van der Waals surface area contributed by atoms with Gasteiger partial charge in [-0.2, -0.15) is 0 Å². The van der Waals surface area contributed by atoms with Gasteiger partial charge in [-0.3, -0.25) is 0 Å². The molecule has 0 saturated carbocycles. The molecule has 43 heavy (non-hydrogen) atoms. The van der Waals surface area contributed by atoms with Crippen molar-refractivity contribution in [1.82, 2.24) is 4.57 Å². The lowest BCUT2D eigenvalue weighted by molar-refractivity contribution is 0.668. The van der Waals surface area contributed by atoms with E-state index in [1.54, 1.807) is 0 Å². The number of hydrogen-bond acceptors (Lipinski definition) is 1. The molecule has 9 rings (SSSR count). The van der Waals surface area contributed by atoms with Crippen molar-refractivity contribution in [2.75, 3.05) is 0 Å². The van der Waals surface area contributed by atoms with Gasteiger partial charge in [-0.1, -0.05) is 116 Å². The Morgan fingerprint density at radius 3 is 2.30 bits per heavy atom. The predicted molar refractivity (Wildman–Crippen MR) is 184 cm³/mol. The van der Waals surface area contributed by atoms with Crippen molar-refractivity contribution >= 4 is 57.0 Å². The van der Waals surface area contributed by atoms with Crippen LogP contribution in [-0.2, 0) is 5.41 Å². The largest absolute Gasteiger partial charge is 0.456 e. The van der Waals surface area contributed by atoms with Crippen LogP contribution in [0.3, 0.4) is 0 Å². The van der Waals surface area contributed by atoms with Gasteiger partial charge in [0.2, 0.25) is 0 Å². The molecule has 0 radical (unpaired) electrons. The van der Waals surface area contributed by atoms with Gasteiger partial charge in [-0.05, 0) is 64.7 Å². The number of nitrogens with zero attached hydrogens (tertiary/aromatic N) is 1. The molecule has 0 bridgehead atoms. The Balaban J connectivity index is 1.57. The van der Waals surface area contributed by atoms with Crippen LogP contribution < -0.4 is 5.19 Å². The van der Waals surface area contributed by atoms with Crippen molar-refractivity contribution in [1.29, 1.82) is 0 Å². The summed E-state index contributed by atoms with van der Waals surface area (Å²) in [7, 11) is -2.10. The van der Waals surface area contributed by atoms with Crippen molar-refractivity contribution < 1.29 is 4.42 Å². The zero-order chi connectivity index (χ0) is 29.1. The molecule has 1 spiro atoms. The number of para-hydroxylation sites is 4. The van der Waals surface area contributed by atoms with Crippen molar-refractivity contribution in [3.8, 4) is 5.69 Å². The number of allylic oxidation sites excluding steroid dienone is 5. The van der Waals surface area contributed by atoms with E-state index in [9.17, 15) is 0 Å². The van der Waals surface area contributed by atoms with Crippen LogP contribution in [0.2, 0.25) is 13.1 Å². The van der Waals surface area contributed by atoms with E-state index < -0.39 is 13.5 Å². The highest BCUT2D eigenvalue weighted by Crippen LogP contribution is 2.57. The number of rotatable bonds is 2. The molecule has 3 heteroatoms. The topological polar surface area (TPSA) is 18.1 Å². The van der Waals surface area contributed by atoms with Crippen LogP contribution in [0.15, 0.2) is 143 Å². The third kappa shape index (κ3) is 2.88. The summed E-state index contributed by atoms with van der Waals surface area (Å²) in [6.45, 7) is 11.5. The molecule has 5 aromatic carbocycles. The van der Waals surface area contributed by atoms with Gasteiger partial charge in [0, 0.05) is 21.5 Å². The Morgan fingerprint density at radius 2 is 1.44 bits per heavy atom. The average Bonchev–Trinajstić information content (AvgIpc) is 3.57. The lowest BCUT2D eigenvalue weighted by Gasteiger charge is -2.49. The molecule has 1 unspecified atom stereocenters. The van der Waals surface area contributed by atoms with E-state index in [1.807, 2.05) is 6.08 Å². The monoisotopic (exact) mass is 569 g/mol. The van der Waals surface area contributed by atoms with Crippen LogP contribution in [-0.4, -0.2) is 12.6 Å². The van der Waals surface area contributed by atoms with Crippen molar-refractivity contribution in [2.45, 2.75) is 25.4 Å². The summed E-state index contributed by atoms with van der Waals surface area (Å²) in [4.78, 5) is 0. The molecule has 0 saturated heterocycles. The summed E-state index contributed by atoms with van der Waals surface area (Å²) in [6.07, 6.45) is 6.40. The second-order valence-electron chi connectivity index (χ2n) is 12.6. The molecule has 1 atom stereocenters. The van der Waals surface area contributed by atoms with E-state index in [-0.39, 0.29) is 0 Å². The van der Waals surface area contributed by atoms with Crippen LogP contribution in [0.25, 0.3) is 49.4 Å². The maximum Gasteiger partial charge on any atom is 0.135 e. The molecular formula is C40H31NOSi. The standard InChI is InChI=1S/C40H31NOSi/c1-5-6-17-30-25(2)43(3,4)38-24-37-29(27-15-8-12-22-36(27)42-37)23-33(38)40(30)31-18-9-11-21-35(31)41-34-20-10-7-14-26(34)28-16-13-19-32(40)39(28)41/h5-24H,1H2,2-4H3/b17-6-. The second-order valence-corrected chi connectivity index (χ2v) is 17.1. The smallest absolute Gasteiger partial charge is 0.135 e. The summed E-state index contributed by atoms with van der Waals surface area (Å²) in [5, 5.41) is 7.87. The van der Waals surface area contributed by atoms with Gasteiger partial charge < -0.3 is 8.98 Å². The van der Waals surface area contributed by atoms with Crippen molar-refractivity contribution in [3.63, 3.8) is 0 Å².